The maximum atomic E-state index is 11.5. The molecule has 9 nitrogen and oxygen atoms in total. The molecule has 2 heterocycles. The minimum atomic E-state index is -3.08. The Balaban J connectivity index is 2.37. The normalized spacial score (nSPS) is 20.6. The summed E-state index contributed by atoms with van der Waals surface area (Å²) < 4.78 is 23.0. The number of pyridine rings is 1. The maximum Gasteiger partial charge on any atom is 0.311 e. The van der Waals surface area contributed by atoms with E-state index in [1.165, 1.54) is 17.0 Å². The van der Waals surface area contributed by atoms with Crippen LogP contribution in [0.25, 0.3) is 0 Å². The number of hydrogen-bond donors (Lipinski definition) is 2. The fourth-order valence-corrected chi connectivity index (χ4v) is 3.95. The Hall–Kier alpha value is -1.94. The Bertz CT molecular complexity index is 633. The number of hydrogen-bond acceptors (Lipinski definition) is 8. The number of nitrogens with zero attached hydrogens (tertiary/aromatic N) is 3. The van der Waals surface area contributed by atoms with Gasteiger partial charge in [-0.1, -0.05) is 0 Å². The van der Waals surface area contributed by atoms with Gasteiger partial charge in [0.1, 0.15) is 5.82 Å². The van der Waals surface area contributed by atoms with Gasteiger partial charge in [0, 0.05) is 19.2 Å². The summed E-state index contributed by atoms with van der Waals surface area (Å²) in [6, 6.07) is 2.36. The number of rotatable bonds is 4. The van der Waals surface area contributed by atoms with Gasteiger partial charge in [0.05, 0.1) is 16.4 Å². The van der Waals surface area contributed by atoms with Crippen LogP contribution in [0.2, 0.25) is 0 Å². The number of nitrogens with two attached hydrogens (primary N) is 1. The molecular formula is C10H15N5O4S. The molecule has 1 fully saturated rings. The molecule has 1 aromatic rings. The molecule has 1 aliphatic heterocycles. The second-order valence-electron chi connectivity index (χ2n) is 4.61. The molecule has 2 rings (SSSR count). The van der Waals surface area contributed by atoms with Gasteiger partial charge < -0.3 is 10.3 Å². The zero-order valence-corrected chi connectivity index (χ0v) is 11.6. The zero-order valence-electron chi connectivity index (χ0n) is 10.8. The van der Waals surface area contributed by atoms with E-state index in [9.17, 15) is 18.5 Å². The van der Waals surface area contributed by atoms with Crippen molar-refractivity contribution in [3.05, 3.63) is 22.2 Å². The average Bonchev–Trinajstić information content (AvgIpc) is 2.77. The van der Waals surface area contributed by atoms with Gasteiger partial charge in [-0.15, -0.1) is 0 Å². The van der Waals surface area contributed by atoms with Crippen LogP contribution in [0.5, 0.6) is 0 Å². The van der Waals surface area contributed by atoms with E-state index < -0.39 is 14.8 Å². The maximum absolute atomic E-state index is 11.5. The second-order valence-corrected chi connectivity index (χ2v) is 6.84. The van der Waals surface area contributed by atoms with Gasteiger partial charge >= 0.3 is 5.69 Å². The Morgan fingerprint density at radius 2 is 2.25 bits per heavy atom. The van der Waals surface area contributed by atoms with Crippen LogP contribution in [0, 0.1) is 10.1 Å². The molecule has 0 radical (unpaired) electrons. The van der Waals surface area contributed by atoms with Gasteiger partial charge in [-0.25, -0.2) is 19.2 Å². The molecule has 0 spiro atoms. The molecule has 0 saturated carbocycles. The molecule has 0 amide bonds. The second kappa shape index (κ2) is 5.21. The number of nitro groups is 1. The molecule has 1 saturated heterocycles. The first-order valence-corrected chi connectivity index (χ1v) is 7.71. The highest BCUT2D eigenvalue weighted by Gasteiger charge is 2.33. The van der Waals surface area contributed by atoms with Gasteiger partial charge in [-0.05, 0) is 12.5 Å². The summed E-state index contributed by atoms with van der Waals surface area (Å²) in [4.78, 5) is 16.1. The predicted octanol–water partition coefficient (Wildman–Crippen LogP) is -0.101. The van der Waals surface area contributed by atoms with Crippen LogP contribution in [-0.2, 0) is 9.84 Å². The van der Waals surface area contributed by atoms with E-state index in [0.717, 1.165) is 0 Å². The summed E-state index contributed by atoms with van der Waals surface area (Å²) in [6.07, 6.45) is 0.429. The van der Waals surface area contributed by atoms with Crippen LogP contribution in [0.15, 0.2) is 12.1 Å². The first kappa shape index (κ1) is 14.5. The number of nitrogens with one attached hydrogen (secondary N) is 1. The molecule has 1 aliphatic rings. The minimum Gasteiger partial charge on any atom is -0.350 e. The smallest absolute Gasteiger partial charge is 0.311 e. The Labute approximate surface area is 115 Å². The molecule has 1 unspecified atom stereocenters. The van der Waals surface area contributed by atoms with Gasteiger partial charge in [-0.2, -0.15) is 0 Å². The number of anilines is 2. The van der Waals surface area contributed by atoms with E-state index in [1.54, 1.807) is 7.05 Å². The van der Waals surface area contributed by atoms with Crippen molar-refractivity contribution in [3.8, 4) is 0 Å². The first-order chi connectivity index (χ1) is 9.34. The van der Waals surface area contributed by atoms with E-state index in [0.29, 0.717) is 6.42 Å². The van der Waals surface area contributed by atoms with Gasteiger partial charge in [0.2, 0.25) is 5.82 Å². The lowest BCUT2D eigenvalue weighted by Crippen LogP contribution is -2.33. The van der Waals surface area contributed by atoms with Crippen LogP contribution in [-0.4, -0.2) is 42.9 Å². The Morgan fingerprint density at radius 3 is 2.75 bits per heavy atom. The molecule has 0 aromatic carbocycles. The third-order valence-electron chi connectivity index (χ3n) is 3.29. The van der Waals surface area contributed by atoms with Crippen molar-refractivity contribution in [2.24, 2.45) is 5.84 Å². The lowest BCUT2D eigenvalue weighted by atomic mass is 10.2. The fraction of sp³-hybridized carbons (Fsp3) is 0.500. The van der Waals surface area contributed by atoms with Crippen molar-refractivity contribution < 1.29 is 13.3 Å². The first-order valence-electron chi connectivity index (χ1n) is 5.89. The standard InChI is InChI=1S/C10H15N5O4S/c1-14(7-4-5-20(18,19)6-7)10-8(15(16)17)2-3-9(12-10)13-11/h2-3,7H,4-6,11H2,1H3,(H,12,13). The highest BCUT2D eigenvalue weighted by atomic mass is 32.2. The van der Waals surface area contributed by atoms with E-state index in [1.807, 2.05) is 0 Å². The largest absolute Gasteiger partial charge is 0.350 e. The Kier molecular flexibility index (Phi) is 3.77. The highest BCUT2D eigenvalue weighted by Crippen LogP contribution is 2.30. The van der Waals surface area contributed by atoms with E-state index >= 15 is 0 Å². The summed E-state index contributed by atoms with van der Waals surface area (Å²) in [6.45, 7) is 0. The van der Waals surface area contributed by atoms with Gasteiger partial charge in [0.25, 0.3) is 0 Å². The molecular weight excluding hydrogens is 286 g/mol. The molecule has 110 valence electrons. The summed E-state index contributed by atoms with van der Waals surface area (Å²) in [5.74, 6) is 5.69. The molecule has 0 bridgehead atoms. The summed E-state index contributed by atoms with van der Waals surface area (Å²) in [7, 11) is -1.48. The number of sulfone groups is 1. The topological polar surface area (TPSA) is 131 Å². The van der Waals surface area contributed by atoms with Crippen molar-refractivity contribution in [2.45, 2.75) is 12.5 Å². The van der Waals surface area contributed by atoms with Crippen molar-refractivity contribution in [1.29, 1.82) is 0 Å². The fourth-order valence-electron chi connectivity index (χ4n) is 2.18. The van der Waals surface area contributed by atoms with Crippen LogP contribution in [0.1, 0.15) is 6.42 Å². The van der Waals surface area contributed by atoms with E-state index in [4.69, 9.17) is 5.84 Å². The third-order valence-corrected chi connectivity index (χ3v) is 5.04. The third kappa shape index (κ3) is 2.80. The summed E-state index contributed by atoms with van der Waals surface area (Å²) in [5, 5.41) is 11.0. The molecule has 10 heteroatoms. The monoisotopic (exact) mass is 301 g/mol. The van der Waals surface area contributed by atoms with Crippen LogP contribution in [0.3, 0.4) is 0 Å². The number of aromatic nitrogens is 1. The lowest BCUT2D eigenvalue weighted by molar-refractivity contribution is -0.384. The SMILES string of the molecule is CN(c1nc(NN)ccc1[N+](=O)[O-])C1CCS(=O)(=O)C1. The molecule has 1 aromatic heterocycles. The van der Waals surface area contributed by atoms with Crippen molar-refractivity contribution in [2.75, 3.05) is 28.9 Å². The van der Waals surface area contributed by atoms with Crippen LogP contribution < -0.4 is 16.2 Å². The lowest BCUT2D eigenvalue weighted by Gasteiger charge is -2.24. The van der Waals surface area contributed by atoms with Gasteiger partial charge in [-0.3, -0.25) is 10.1 Å². The quantitative estimate of drug-likeness (QED) is 0.447. The molecule has 3 N–H and O–H groups in total. The summed E-state index contributed by atoms with van der Waals surface area (Å²) >= 11 is 0. The highest BCUT2D eigenvalue weighted by molar-refractivity contribution is 7.91. The molecule has 1 atom stereocenters. The van der Waals surface area contributed by atoms with Crippen molar-refractivity contribution in [3.63, 3.8) is 0 Å². The average molecular weight is 301 g/mol. The van der Waals surface area contributed by atoms with Crippen LogP contribution >= 0.6 is 0 Å². The van der Waals surface area contributed by atoms with E-state index in [-0.39, 0.29) is 34.9 Å². The zero-order chi connectivity index (χ0) is 14.9. The Morgan fingerprint density at radius 1 is 1.55 bits per heavy atom. The predicted molar refractivity (Wildman–Crippen MR) is 74.2 cm³/mol. The van der Waals surface area contributed by atoms with Crippen molar-refractivity contribution >= 4 is 27.2 Å². The van der Waals surface area contributed by atoms with E-state index in [2.05, 4.69) is 10.4 Å². The minimum absolute atomic E-state index is 0.0252. The molecule has 20 heavy (non-hydrogen) atoms. The van der Waals surface area contributed by atoms with Gasteiger partial charge in [0.15, 0.2) is 9.84 Å². The van der Waals surface area contributed by atoms with Crippen LogP contribution in [0.4, 0.5) is 17.3 Å². The molecule has 0 aliphatic carbocycles. The van der Waals surface area contributed by atoms with Crippen molar-refractivity contribution in [1.82, 2.24) is 4.98 Å². The number of hydrazine groups is 1. The summed E-state index contributed by atoms with van der Waals surface area (Å²) in [5.41, 5.74) is 2.13. The number of nitrogen functional groups attached to an aromatic ring is 1.